The normalized spacial score (nSPS) is 16.5. The van der Waals surface area contributed by atoms with E-state index in [0.29, 0.717) is 32.1 Å². The van der Waals surface area contributed by atoms with Crippen LogP contribution < -0.4 is 0 Å². The predicted octanol–water partition coefficient (Wildman–Crippen LogP) is 14.2. The number of hydrogen-bond acceptors (Lipinski definition) is 5. The van der Waals surface area contributed by atoms with Crippen LogP contribution in [0.15, 0.2) is 0 Å². The number of phosphoric ester groups is 1. The van der Waals surface area contributed by atoms with Crippen LogP contribution in [0.3, 0.4) is 0 Å². The van der Waals surface area contributed by atoms with Crippen molar-refractivity contribution in [2.24, 2.45) is 0 Å². The zero-order chi connectivity index (χ0) is 55.5. The first kappa shape index (κ1) is 68.2. The maximum Gasteiger partial charge on any atom is 0.472 e. The molecule has 0 aliphatic carbocycles. The highest BCUT2D eigenvalue weighted by Gasteiger charge is 2.95. The summed E-state index contributed by atoms with van der Waals surface area (Å²) in [4.78, 5) is 10.0. The molecule has 0 spiro atoms. The maximum atomic E-state index is 14.2. The first-order valence-corrected chi connectivity index (χ1v) is 22.0. The van der Waals surface area contributed by atoms with E-state index in [1.54, 1.807) is 21.1 Å². The first-order chi connectivity index (χ1) is 31.0. The molecule has 2 unspecified atom stereocenters. The van der Waals surface area contributed by atoms with Gasteiger partial charge in [0, 0.05) is 26.1 Å². The van der Waals surface area contributed by atoms with E-state index in [0.717, 1.165) is 0 Å². The fourth-order valence-electron chi connectivity index (χ4n) is 5.59. The Bertz CT molecular complexity index is 1610. The lowest BCUT2D eigenvalue weighted by Gasteiger charge is -2.42. The van der Waals surface area contributed by atoms with Crippen molar-refractivity contribution < 1.29 is 147 Å². The molecule has 0 rings (SSSR count). The van der Waals surface area contributed by atoms with E-state index < -0.39 is 144 Å². The fourth-order valence-corrected chi connectivity index (χ4v) is 6.33. The van der Waals surface area contributed by atoms with E-state index in [9.17, 15) is 124 Å². The molecule has 7 nitrogen and oxygen atoms in total. The van der Waals surface area contributed by atoms with E-state index in [4.69, 9.17) is 18.5 Å². The van der Waals surface area contributed by atoms with Gasteiger partial charge in [-0.3, -0.25) is 9.05 Å². The summed E-state index contributed by atoms with van der Waals surface area (Å²) < 4.78 is 379. The molecule has 0 saturated carbocycles. The molecule has 0 bridgehead atoms. The lowest BCUT2D eigenvalue weighted by atomic mass is 9.88. The van der Waals surface area contributed by atoms with Gasteiger partial charge in [-0.2, -0.15) is 114 Å². The quantitative estimate of drug-likeness (QED) is 0.0292. The topological polar surface area (TPSA) is 74.2 Å². The molecular weight excluding hydrogens is 1070 g/mol. The Morgan fingerprint density at radius 1 is 0.400 bits per heavy atom. The third kappa shape index (κ3) is 16.8. The third-order valence-corrected chi connectivity index (χ3v) is 11.0. The Kier molecular flexibility index (Phi) is 24.0. The largest absolute Gasteiger partial charge is 0.472 e. The summed E-state index contributed by atoms with van der Waals surface area (Å²) in [5.74, 6) is -76.4. The molecule has 0 amide bonds. The van der Waals surface area contributed by atoms with E-state index >= 15 is 0 Å². The SMILES string of the molecule is C[N+](C)(C)CCOP(=O)(O)OCC(COCCCCCC(F)(F)C(F)(F)C(F)(F)C(F)(F)C(F)(F)C(F)(F)C(F)(F)C(F)(F)F)OCCCCCCCCCCCC(F)(F)C(F)(F)C(F)(F)C(F)(F)F. The summed E-state index contributed by atoms with van der Waals surface area (Å²) in [6.45, 7) is -2.04. The minimum atomic E-state index is -8.73. The van der Waals surface area contributed by atoms with Gasteiger partial charge in [-0.25, -0.2) is 4.57 Å². The second kappa shape index (κ2) is 24.7. The summed E-state index contributed by atoms with van der Waals surface area (Å²) >= 11 is 0. The lowest BCUT2D eigenvalue weighted by molar-refractivity contribution is -0.870. The van der Waals surface area contributed by atoms with Crippen molar-refractivity contribution in [3.8, 4) is 0 Å². The molecule has 0 fully saturated rings. The minimum absolute atomic E-state index is 0.122. The lowest BCUT2D eigenvalue weighted by Crippen LogP contribution is -2.74. The summed E-state index contributed by atoms with van der Waals surface area (Å²) in [5, 5.41) is 0. The first-order valence-electron chi connectivity index (χ1n) is 20.5. The van der Waals surface area contributed by atoms with E-state index in [-0.39, 0.29) is 43.5 Å². The van der Waals surface area contributed by atoms with Gasteiger partial charge in [-0.1, -0.05) is 51.4 Å². The standard InChI is InChI=1S/C36H50F26NO6P/c1-63(2,3)18-21-68-70(64,65)69-23-24(67-20-15-10-8-6-4-5-7-9-12-16-26(39,40)28(43,44)33(53,54)35(57,58)59)22-66-19-14-11-13-17-25(37,38)27(41,42)29(45,46)30(47,48)31(49,50)32(51,52)34(55,56)36(60,61)62/h24H,4-23H2,1-3H3/p+1. The van der Waals surface area contributed by atoms with Gasteiger partial charge in [-0.05, 0) is 25.7 Å². The molecule has 34 heteroatoms. The number of alkyl halides is 26. The molecule has 0 aromatic rings. The summed E-state index contributed by atoms with van der Waals surface area (Å²) in [6, 6.07) is 0. The zero-order valence-electron chi connectivity index (χ0n) is 36.9. The highest BCUT2D eigenvalue weighted by Crippen LogP contribution is 2.64. The van der Waals surface area contributed by atoms with Gasteiger partial charge in [0.05, 0.1) is 34.4 Å². The second-order valence-corrected chi connectivity index (χ2v) is 18.4. The Morgan fingerprint density at radius 2 is 0.714 bits per heavy atom. The van der Waals surface area contributed by atoms with Crippen molar-refractivity contribution in [2.75, 3.05) is 60.7 Å². The number of halogens is 26. The van der Waals surface area contributed by atoms with Gasteiger partial charge >= 0.3 is 79.4 Å². The van der Waals surface area contributed by atoms with Crippen LogP contribution in [-0.4, -0.2) is 148 Å². The van der Waals surface area contributed by atoms with Crippen molar-refractivity contribution in [3.63, 3.8) is 0 Å². The Labute approximate surface area is 383 Å². The van der Waals surface area contributed by atoms with E-state index in [2.05, 4.69) is 0 Å². The number of phosphoric acid groups is 1. The van der Waals surface area contributed by atoms with Gasteiger partial charge in [-0.15, -0.1) is 0 Å². The minimum Gasteiger partial charge on any atom is -0.379 e. The molecule has 0 aromatic carbocycles. The molecule has 0 heterocycles. The van der Waals surface area contributed by atoms with Crippen LogP contribution in [0.4, 0.5) is 114 Å². The average molecular weight is 1120 g/mol. The number of rotatable bonds is 36. The fraction of sp³-hybridized carbons (Fsp3) is 1.00. The van der Waals surface area contributed by atoms with Crippen molar-refractivity contribution >= 4 is 7.82 Å². The van der Waals surface area contributed by atoms with E-state index in [1.807, 2.05) is 0 Å². The smallest absolute Gasteiger partial charge is 0.379 e. The number of ether oxygens (including phenoxy) is 2. The maximum absolute atomic E-state index is 14.2. The summed E-state index contributed by atoms with van der Waals surface area (Å²) in [5.41, 5.74) is 0. The summed E-state index contributed by atoms with van der Waals surface area (Å²) in [7, 11) is 0.380. The second-order valence-electron chi connectivity index (χ2n) is 16.9. The van der Waals surface area contributed by atoms with Gasteiger partial charge in [0.25, 0.3) is 0 Å². The third-order valence-electron chi connectivity index (χ3n) is 10.0. The highest BCUT2D eigenvalue weighted by molar-refractivity contribution is 7.47. The molecule has 70 heavy (non-hydrogen) atoms. The zero-order valence-corrected chi connectivity index (χ0v) is 37.8. The van der Waals surface area contributed by atoms with E-state index in [1.165, 1.54) is 0 Å². The Hall–Kier alpha value is -1.83. The molecule has 0 aliphatic rings. The Morgan fingerprint density at radius 3 is 1.11 bits per heavy atom. The Balaban J connectivity index is 5.25. The predicted molar refractivity (Wildman–Crippen MR) is 191 cm³/mol. The van der Waals surface area contributed by atoms with Crippen LogP contribution in [0.2, 0.25) is 0 Å². The van der Waals surface area contributed by atoms with Gasteiger partial charge in [0.2, 0.25) is 0 Å². The molecular formula is C36H51F26NO6P+. The number of quaternary nitrogens is 1. The van der Waals surface area contributed by atoms with Gasteiger partial charge in [0.1, 0.15) is 19.3 Å². The monoisotopic (exact) mass is 1120 g/mol. The molecule has 0 aromatic heterocycles. The van der Waals surface area contributed by atoms with Gasteiger partial charge in [0.15, 0.2) is 0 Å². The highest BCUT2D eigenvalue weighted by atomic mass is 31.2. The molecule has 0 radical (unpaired) electrons. The number of likely N-dealkylation sites (N-methyl/N-ethyl adjacent to an activating group) is 1. The average Bonchev–Trinajstić information content (AvgIpc) is 3.17. The van der Waals surface area contributed by atoms with Crippen LogP contribution in [-0.2, 0) is 23.1 Å². The van der Waals surface area contributed by atoms with Gasteiger partial charge < -0.3 is 18.9 Å². The van der Waals surface area contributed by atoms with Crippen molar-refractivity contribution in [2.45, 2.75) is 168 Å². The van der Waals surface area contributed by atoms with Crippen LogP contribution in [0.5, 0.6) is 0 Å². The van der Waals surface area contributed by atoms with Crippen LogP contribution in [0.1, 0.15) is 89.9 Å². The van der Waals surface area contributed by atoms with Crippen molar-refractivity contribution in [1.82, 2.24) is 0 Å². The molecule has 1 N–H and O–H groups in total. The van der Waals surface area contributed by atoms with Crippen molar-refractivity contribution in [1.29, 1.82) is 0 Å². The number of unbranched alkanes of at least 4 members (excludes halogenated alkanes) is 10. The molecule has 0 aliphatic heterocycles. The molecule has 422 valence electrons. The van der Waals surface area contributed by atoms with Crippen LogP contribution in [0, 0.1) is 0 Å². The molecule has 0 saturated heterocycles. The van der Waals surface area contributed by atoms with Crippen molar-refractivity contribution in [3.05, 3.63) is 0 Å². The number of nitrogens with zero attached hydrogens (tertiary/aromatic N) is 1. The summed E-state index contributed by atoms with van der Waals surface area (Å²) in [6.07, 6.45) is -21.7. The number of hydrogen-bond donors (Lipinski definition) is 1. The van der Waals surface area contributed by atoms with Crippen LogP contribution in [0.25, 0.3) is 0 Å². The molecule has 2 atom stereocenters. The van der Waals surface area contributed by atoms with Crippen LogP contribution >= 0.6 is 7.82 Å².